The van der Waals surface area contributed by atoms with Gasteiger partial charge in [-0.15, -0.1) is 24.0 Å². The fourth-order valence-electron chi connectivity index (χ4n) is 3.84. The lowest BCUT2D eigenvalue weighted by molar-refractivity contribution is -0.125. The van der Waals surface area contributed by atoms with E-state index in [-0.39, 0.29) is 41.8 Å². The van der Waals surface area contributed by atoms with Gasteiger partial charge >= 0.3 is 6.03 Å². The second-order valence-corrected chi connectivity index (χ2v) is 7.30. The van der Waals surface area contributed by atoms with Crippen LogP contribution in [0.5, 0.6) is 0 Å². The number of nitrogens with zero attached hydrogens (tertiary/aromatic N) is 3. The van der Waals surface area contributed by atoms with E-state index in [9.17, 15) is 9.59 Å². The van der Waals surface area contributed by atoms with Crippen molar-refractivity contribution >= 4 is 41.9 Å². The zero-order chi connectivity index (χ0) is 17.9. The van der Waals surface area contributed by atoms with E-state index in [1.165, 1.54) is 19.5 Å². The molecule has 3 fully saturated rings. The number of amides is 3. The Kier molecular flexibility index (Phi) is 7.51. The van der Waals surface area contributed by atoms with Gasteiger partial charge in [0.05, 0.1) is 6.54 Å². The number of urea groups is 1. The standard InChI is InChI=1S/C17H30N6O2.HI/c1-3-18-15(19-7-12-22-8-4-9-22)23-10-5-13(6-11-23)17(2)14(24)20-16(25)21-17;/h13H,3-12H2,1-2H3,(H,18,19)(H2,20,21,24,25);1H. The first-order chi connectivity index (χ1) is 12.0. The van der Waals surface area contributed by atoms with Crippen LogP contribution in [-0.2, 0) is 4.79 Å². The smallest absolute Gasteiger partial charge is 0.322 e. The van der Waals surface area contributed by atoms with Gasteiger partial charge in [-0.05, 0) is 52.1 Å². The van der Waals surface area contributed by atoms with Crippen LogP contribution < -0.4 is 16.0 Å². The Hall–Kier alpha value is -1.10. The average molecular weight is 478 g/mol. The molecule has 3 heterocycles. The van der Waals surface area contributed by atoms with Gasteiger partial charge in [-0.25, -0.2) is 4.79 Å². The summed E-state index contributed by atoms with van der Waals surface area (Å²) in [6.45, 7) is 10.7. The highest BCUT2D eigenvalue weighted by atomic mass is 127. The third-order valence-electron chi connectivity index (χ3n) is 5.64. The number of imide groups is 1. The number of rotatable bonds is 5. The SMILES string of the molecule is CCNC(=NCCN1CCC1)N1CCC(C2(C)NC(=O)NC2=O)CC1.I. The lowest BCUT2D eigenvalue weighted by Crippen LogP contribution is -2.55. The summed E-state index contributed by atoms with van der Waals surface area (Å²) in [5.74, 6) is 0.914. The Morgan fingerprint density at radius 3 is 2.46 bits per heavy atom. The Balaban J connectivity index is 0.00000243. The number of piperidine rings is 1. The molecular formula is C17H31IN6O2. The highest BCUT2D eigenvalue weighted by Gasteiger charge is 2.48. The van der Waals surface area contributed by atoms with E-state index in [4.69, 9.17) is 4.99 Å². The predicted octanol–water partition coefficient (Wildman–Crippen LogP) is 0.586. The average Bonchev–Trinajstić information content (AvgIpc) is 2.82. The van der Waals surface area contributed by atoms with Crippen molar-refractivity contribution < 1.29 is 9.59 Å². The molecule has 1 atom stereocenters. The second-order valence-electron chi connectivity index (χ2n) is 7.30. The number of carbonyl (C=O) groups is 2. The van der Waals surface area contributed by atoms with E-state index in [1.54, 1.807) is 0 Å². The molecule has 3 aliphatic rings. The van der Waals surface area contributed by atoms with Crippen molar-refractivity contribution in [2.45, 2.75) is 38.6 Å². The van der Waals surface area contributed by atoms with Gasteiger partial charge in [0, 0.05) is 26.2 Å². The minimum Gasteiger partial charge on any atom is -0.357 e. The quantitative estimate of drug-likeness (QED) is 0.233. The predicted molar refractivity (Wildman–Crippen MR) is 112 cm³/mol. The molecule has 0 bridgehead atoms. The summed E-state index contributed by atoms with van der Waals surface area (Å²) in [5.41, 5.74) is -0.782. The summed E-state index contributed by atoms with van der Waals surface area (Å²) >= 11 is 0. The number of carbonyl (C=O) groups excluding carboxylic acids is 2. The topological polar surface area (TPSA) is 89.1 Å². The fraction of sp³-hybridized carbons (Fsp3) is 0.824. The first kappa shape index (κ1) is 21.2. The first-order valence-corrected chi connectivity index (χ1v) is 9.42. The molecule has 0 aliphatic carbocycles. The van der Waals surface area contributed by atoms with Crippen LogP contribution in [0.3, 0.4) is 0 Å². The van der Waals surface area contributed by atoms with Crippen molar-refractivity contribution in [1.29, 1.82) is 0 Å². The van der Waals surface area contributed by atoms with Crippen molar-refractivity contribution in [3.05, 3.63) is 0 Å². The maximum absolute atomic E-state index is 12.1. The van der Waals surface area contributed by atoms with Crippen molar-refractivity contribution in [3.8, 4) is 0 Å². The van der Waals surface area contributed by atoms with E-state index < -0.39 is 5.54 Å². The largest absolute Gasteiger partial charge is 0.357 e. The number of aliphatic imine (C=N–C) groups is 1. The van der Waals surface area contributed by atoms with E-state index in [2.05, 4.69) is 32.7 Å². The summed E-state index contributed by atoms with van der Waals surface area (Å²) in [7, 11) is 0. The van der Waals surface area contributed by atoms with Gasteiger partial charge < -0.3 is 20.4 Å². The molecule has 1 unspecified atom stereocenters. The van der Waals surface area contributed by atoms with Crippen LogP contribution in [0.15, 0.2) is 4.99 Å². The molecule has 8 nitrogen and oxygen atoms in total. The molecule has 3 aliphatic heterocycles. The highest BCUT2D eigenvalue weighted by Crippen LogP contribution is 2.30. The molecule has 3 N–H and O–H groups in total. The number of nitrogens with one attached hydrogen (secondary N) is 3. The molecule has 3 amide bonds. The number of hydrogen-bond acceptors (Lipinski definition) is 4. The van der Waals surface area contributed by atoms with Crippen molar-refractivity contribution in [1.82, 2.24) is 25.8 Å². The molecule has 0 saturated carbocycles. The van der Waals surface area contributed by atoms with Gasteiger partial charge in [-0.1, -0.05) is 0 Å². The molecule has 0 spiro atoms. The van der Waals surface area contributed by atoms with Crippen molar-refractivity contribution in [2.75, 3.05) is 45.8 Å². The lowest BCUT2D eigenvalue weighted by atomic mass is 9.79. The maximum Gasteiger partial charge on any atom is 0.322 e. The fourth-order valence-corrected chi connectivity index (χ4v) is 3.84. The summed E-state index contributed by atoms with van der Waals surface area (Å²) in [6.07, 6.45) is 3.03. The minimum atomic E-state index is -0.782. The van der Waals surface area contributed by atoms with Gasteiger partial charge in [0.1, 0.15) is 5.54 Å². The highest BCUT2D eigenvalue weighted by molar-refractivity contribution is 14.0. The van der Waals surface area contributed by atoms with Crippen LogP contribution in [0, 0.1) is 5.92 Å². The van der Waals surface area contributed by atoms with Crippen LogP contribution >= 0.6 is 24.0 Å². The molecular weight excluding hydrogens is 447 g/mol. The number of hydrogen-bond donors (Lipinski definition) is 3. The van der Waals surface area contributed by atoms with Crippen molar-refractivity contribution in [3.63, 3.8) is 0 Å². The zero-order valence-corrected chi connectivity index (χ0v) is 18.0. The van der Waals surface area contributed by atoms with Gasteiger partial charge in [-0.3, -0.25) is 15.1 Å². The van der Waals surface area contributed by atoms with E-state index in [0.717, 1.165) is 51.5 Å². The molecule has 26 heavy (non-hydrogen) atoms. The second kappa shape index (κ2) is 9.20. The Labute approximate surface area is 172 Å². The molecule has 0 aromatic heterocycles. The lowest BCUT2D eigenvalue weighted by Gasteiger charge is -2.39. The Bertz CT molecular complexity index is 545. The Morgan fingerprint density at radius 1 is 1.27 bits per heavy atom. The molecule has 0 aromatic carbocycles. The zero-order valence-electron chi connectivity index (χ0n) is 15.7. The minimum absolute atomic E-state index is 0. The maximum atomic E-state index is 12.1. The summed E-state index contributed by atoms with van der Waals surface area (Å²) in [5, 5.41) is 8.55. The van der Waals surface area contributed by atoms with Crippen LogP contribution in [0.2, 0.25) is 0 Å². The third kappa shape index (κ3) is 4.59. The molecule has 0 aromatic rings. The summed E-state index contributed by atoms with van der Waals surface area (Å²) in [4.78, 5) is 33.1. The monoisotopic (exact) mass is 478 g/mol. The number of guanidine groups is 1. The molecule has 9 heteroatoms. The molecule has 3 rings (SSSR count). The molecule has 0 radical (unpaired) electrons. The Morgan fingerprint density at radius 2 is 1.96 bits per heavy atom. The normalized spacial score (nSPS) is 27.5. The van der Waals surface area contributed by atoms with Crippen LogP contribution in [0.1, 0.15) is 33.1 Å². The van der Waals surface area contributed by atoms with Crippen LogP contribution in [0.25, 0.3) is 0 Å². The molecule has 148 valence electrons. The number of halogens is 1. The number of likely N-dealkylation sites (tertiary alicyclic amines) is 2. The van der Waals surface area contributed by atoms with E-state index >= 15 is 0 Å². The molecule has 3 saturated heterocycles. The first-order valence-electron chi connectivity index (χ1n) is 9.42. The van der Waals surface area contributed by atoms with Gasteiger partial charge in [-0.2, -0.15) is 0 Å². The van der Waals surface area contributed by atoms with Crippen molar-refractivity contribution in [2.24, 2.45) is 10.9 Å². The van der Waals surface area contributed by atoms with Gasteiger partial charge in [0.25, 0.3) is 5.91 Å². The summed E-state index contributed by atoms with van der Waals surface area (Å²) in [6, 6.07) is -0.379. The van der Waals surface area contributed by atoms with E-state index in [1.807, 2.05) is 6.92 Å². The van der Waals surface area contributed by atoms with Crippen LogP contribution in [0.4, 0.5) is 4.79 Å². The summed E-state index contributed by atoms with van der Waals surface area (Å²) < 4.78 is 0. The van der Waals surface area contributed by atoms with Crippen LogP contribution in [-0.4, -0.2) is 79.0 Å². The van der Waals surface area contributed by atoms with Gasteiger partial charge in [0.2, 0.25) is 0 Å². The van der Waals surface area contributed by atoms with Gasteiger partial charge in [0.15, 0.2) is 5.96 Å². The third-order valence-corrected chi connectivity index (χ3v) is 5.64. The van der Waals surface area contributed by atoms with E-state index in [0.29, 0.717) is 0 Å².